The van der Waals surface area contributed by atoms with Gasteiger partial charge in [0.25, 0.3) is 0 Å². The predicted molar refractivity (Wildman–Crippen MR) is 79.9 cm³/mol. The van der Waals surface area contributed by atoms with Gasteiger partial charge in [-0.05, 0) is 49.8 Å². The zero-order chi connectivity index (χ0) is 15.6. The summed E-state index contributed by atoms with van der Waals surface area (Å²) < 4.78 is 27.4. The number of nitrogens with one attached hydrogen (secondary N) is 1. The van der Waals surface area contributed by atoms with Crippen LogP contribution < -0.4 is 4.72 Å². The van der Waals surface area contributed by atoms with E-state index in [1.165, 1.54) is 12.1 Å². The van der Waals surface area contributed by atoms with Gasteiger partial charge in [0.05, 0.1) is 10.5 Å². The molecule has 116 valence electrons. The molecule has 1 saturated carbocycles. The van der Waals surface area contributed by atoms with Crippen molar-refractivity contribution in [3.8, 4) is 0 Å². The van der Waals surface area contributed by atoms with Crippen molar-refractivity contribution in [1.82, 2.24) is 4.72 Å². The standard InChI is InChI=1S/C15H21NO4S/c1-3-11-7-8-13(9-14(11)15(17)18)21(19,20)16-10(2)12-5-4-6-12/h7-10,12,16H,3-6H2,1-2H3,(H,17,18). The molecule has 0 saturated heterocycles. The highest BCUT2D eigenvalue weighted by molar-refractivity contribution is 7.89. The lowest BCUT2D eigenvalue weighted by Crippen LogP contribution is -2.40. The van der Waals surface area contributed by atoms with Crippen LogP contribution in [0.15, 0.2) is 23.1 Å². The van der Waals surface area contributed by atoms with Crippen LogP contribution in [0.5, 0.6) is 0 Å². The molecule has 0 radical (unpaired) electrons. The highest BCUT2D eigenvalue weighted by Crippen LogP contribution is 2.30. The number of sulfonamides is 1. The highest BCUT2D eigenvalue weighted by atomic mass is 32.2. The molecule has 0 aromatic heterocycles. The molecule has 2 rings (SSSR count). The summed E-state index contributed by atoms with van der Waals surface area (Å²) in [6.45, 7) is 3.70. The third-order valence-electron chi connectivity index (χ3n) is 4.20. The summed E-state index contributed by atoms with van der Waals surface area (Å²) in [7, 11) is -3.68. The zero-order valence-corrected chi connectivity index (χ0v) is 13.1. The molecular weight excluding hydrogens is 290 g/mol. The van der Waals surface area contributed by atoms with Crippen LogP contribution in [0.3, 0.4) is 0 Å². The SMILES string of the molecule is CCc1ccc(S(=O)(=O)NC(C)C2CCC2)cc1C(=O)O. The van der Waals surface area contributed by atoms with Gasteiger partial charge in [0.15, 0.2) is 0 Å². The molecule has 1 unspecified atom stereocenters. The molecule has 0 bridgehead atoms. The van der Waals surface area contributed by atoms with Crippen LogP contribution in [0.1, 0.15) is 49.0 Å². The number of carboxylic acid groups (broad SMARTS) is 1. The molecule has 1 aliphatic rings. The van der Waals surface area contributed by atoms with Gasteiger partial charge < -0.3 is 5.11 Å². The maximum absolute atomic E-state index is 12.4. The number of benzene rings is 1. The van der Waals surface area contributed by atoms with E-state index in [4.69, 9.17) is 0 Å². The van der Waals surface area contributed by atoms with E-state index in [9.17, 15) is 18.3 Å². The molecule has 1 aliphatic carbocycles. The van der Waals surface area contributed by atoms with Gasteiger partial charge in [-0.25, -0.2) is 17.9 Å². The molecule has 1 fully saturated rings. The summed E-state index contributed by atoms with van der Waals surface area (Å²) >= 11 is 0. The Balaban J connectivity index is 2.27. The Morgan fingerprint density at radius 1 is 1.43 bits per heavy atom. The lowest BCUT2D eigenvalue weighted by molar-refractivity contribution is 0.0695. The van der Waals surface area contributed by atoms with Crippen molar-refractivity contribution >= 4 is 16.0 Å². The Kier molecular flexibility index (Phi) is 4.68. The van der Waals surface area contributed by atoms with E-state index < -0.39 is 16.0 Å². The molecular formula is C15H21NO4S. The second kappa shape index (κ2) is 6.15. The Bertz CT molecular complexity index is 635. The van der Waals surface area contributed by atoms with Crippen molar-refractivity contribution in [3.63, 3.8) is 0 Å². The number of hydrogen-bond acceptors (Lipinski definition) is 3. The molecule has 0 amide bonds. The molecule has 1 aromatic carbocycles. The van der Waals surface area contributed by atoms with Crippen LogP contribution >= 0.6 is 0 Å². The summed E-state index contributed by atoms with van der Waals surface area (Å²) in [5.41, 5.74) is 0.685. The number of carboxylic acids is 1. The summed E-state index contributed by atoms with van der Waals surface area (Å²) in [6, 6.07) is 4.17. The lowest BCUT2D eigenvalue weighted by atomic mass is 9.81. The Morgan fingerprint density at radius 2 is 2.10 bits per heavy atom. The molecule has 21 heavy (non-hydrogen) atoms. The number of aromatic carboxylic acids is 1. The van der Waals surface area contributed by atoms with Gasteiger partial charge in [-0.15, -0.1) is 0 Å². The van der Waals surface area contributed by atoms with Gasteiger partial charge in [-0.1, -0.05) is 19.4 Å². The van der Waals surface area contributed by atoms with Gasteiger partial charge in [0.1, 0.15) is 0 Å². The third kappa shape index (κ3) is 3.44. The number of aryl methyl sites for hydroxylation is 1. The summed E-state index contributed by atoms with van der Waals surface area (Å²) in [5.74, 6) is -0.718. The monoisotopic (exact) mass is 311 g/mol. The van der Waals surface area contributed by atoms with Crippen LogP contribution in [-0.4, -0.2) is 25.5 Å². The van der Waals surface area contributed by atoms with Crippen molar-refractivity contribution in [2.45, 2.75) is 50.5 Å². The van der Waals surface area contributed by atoms with Crippen molar-refractivity contribution < 1.29 is 18.3 Å². The molecule has 2 N–H and O–H groups in total. The van der Waals surface area contributed by atoms with Gasteiger partial charge in [-0.2, -0.15) is 0 Å². The van der Waals surface area contributed by atoms with Gasteiger partial charge >= 0.3 is 5.97 Å². The van der Waals surface area contributed by atoms with Crippen LogP contribution in [0.4, 0.5) is 0 Å². The smallest absolute Gasteiger partial charge is 0.336 e. The van der Waals surface area contributed by atoms with Gasteiger partial charge in [0.2, 0.25) is 10.0 Å². The van der Waals surface area contributed by atoms with E-state index in [-0.39, 0.29) is 16.5 Å². The minimum absolute atomic E-state index is 0.0169. The summed E-state index contributed by atoms with van der Waals surface area (Å²) in [6.07, 6.45) is 3.77. The molecule has 0 heterocycles. The first-order valence-corrected chi connectivity index (χ1v) is 8.72. The molecule has 0 aliphatic heterocycles. The lowest BCUT2D eigenvalue weighted by Gasteiger charge is -2.31. The van der Waals surface area contributed by atoms with Crippen LogP contribution in [0, 0.1) is 5.92 Å². The summed E-state index contributed by atoms with van der Waals surface area (Å²) in [5, 5.41) is 9.19. The van der Waals surface area contributed by atoms with E-state index in [0.717, 1.165) is 19.3 Å². The first-order valence-electron chi connectivity index (χ1n) is 7.23. The topological polar surface area (TPSA) is 83.5 Å². The van der Waals surface area contributed by atoms with E-state index >= 15 is 0 Å². The van der Waals surface area contributed by atoms with Gasteiger partial charge in [-0.3, -0.25) is 0 Å². The number of rotatable bonds is 6. The van der Waals surface area contributed by atoms with E-state index in [1.54, 1.807) is 6.07 Å². The molecule has 1 atom stereocenters. The fraction of sp³-hybridized carbons (Fsp3) is 0.533. The minimum Gasteiger partial charge on any atom is -0.478 e. The maximum atomic E-state index is 12.4. The van der Waals surface area contributed by atoms with Crippen molar-refractivity contribution in [1.29, 1.82) is 0 Å². The maximum Gasteiger partial charge on any atom is 0.336 e. The normalized spacial score (nSPS) is 17.2. The van der Waals surface area contributed by atoms with Crippen LogP contribution in [0.25, 0.3) is 0 Å². The number of carbonyl (C=O) groups is 1. The Morgan fingerprint density at radius 3 is 2.57 bits per heavy atom. The molecule has 1 aromatic rings. The van der Waals surface area contributed by atoms with Crippen LogP contribution in [0.2, 0.25) is 0 Å². The van der Waals surface area contributed by atoms with E-state index in [1.807, 2.05) is 13.8 Å². The quantitative estimate of drug-likeness (QED) is 0.845. The summed E-state index contributed by atoms with van der Waals surface area (Å²) in [4.78, 5) is 11.2. The fourth-order valence-electron chi connectivity index (χ4n) is 2.58. The third-order valence-corrected chi connectivity index (χ3v) is 5.76. The molecule has 0 spiro atoms. The molecule has 5 nitrogen and oxygen atoms in total. The largest absolute Gasteiger partial charge is 0.478 e. The van der Waals surface area contributed by atoms with Crippen molar-refractivity contribution in [2.24, 2.45) is 5.92 Å². The number of hydrogen-bond donors (Lipinski definition) is 2. The van der Waals surface area contributed by atoms with Crippen LogP contribution in [-0.2, 0) is 16.4 Å². The Labute approximate surface area is 125 Å². The molecule has 6 heteroatoms. The second-order valence-electron chi connectivity index (χ2n) is 5.58. The van der Waals surface area contributed by atoms with E-state index in [2.05, 4.69) is 4.72 Å². The zero-order valence-electron chi connectivity index (χ0n) is 12.3. The van der Waals surface area contributed by atoms with Crippen molar-refractivity contribution in [3.05, 3.63) is 29.3 Å². The van der Waals surface area contributed by atoms with E-state index in [0.29, 0.717) is 17.9 Å². The van der Waals surface area contributed by atoms with Gasteiger partial charge in [0, 0.05) is 6.04 Å². The average molecular weight is 311 g/mol. The second-order valence-corrected chi connectivity index (χ2v) is 7.29. The first kappa shape index (κ1) is 16.0. The predicted octanol–water partition coefficient (Wildman–Crippen LogP) is 2.41. The fourth-order valence-corrected chi connectivity index (χ4v) is 3.92. The Hall–Kier alpha value is -1.40. The van der Waals surface area contributed by atoms with Crippen molar-refractivity contribution in [2.75, 3.05) is 0 Å². The average Bonchev–Trinajstić information content (AvgIpc) is 2.34. The first-order chi connectivity index (χ1) is 9.85. The minimum atomic E-state index is -3.68. The highest BCUT2D eigenvalue weighted by Gasteiger charge is 2.28.